The standard InChI is InChI=1S/C27H33ClN6OS/c1-4-33(5-2)15-9-10-19(3)29-24(35)18-36-27-30-26-25(31-32-27)22-13-6-7-14-23(22)34(26)17-20-11-8-12-21(28)16-20/h6-8,11-14,16,19H,4-5,9-10,15,17-18H2,1-3H3,(H,29,35). The molecule has 1 N–H and O–H groups in total. The monoisotopic (exact) mass is 524 g/mol. The first-order chi connectivity index (χ1) is 17.5. The largest absolute Gasteiger partial charge is 0.353 e. The van der Waals surface area contributed by atoms with Gasteiger partial charge in [0.05, 0.1) is 11.3 Å². The summed E-state index contributed by atoms with van der Waals surface area (Å²) >= 11 is 7.53. The van der Waals surface area contributed by atoms with Gasteiger partial charge in [0.1, 0.15) is 5.52 Å². The summed E-state index contributed by atoms with van der Waals surface area (Å²) in [6.45, 7) is 10.2. The first-order valence-electron chi connectivity index (χ1n) is 12.5. The Balaban J connectivity index is 1.44. The van der Waals surface area contributed by atoms with Crippen LogP contribution in [0.3, 0.4) is 0 Å². The third-order valence-corrected chi connectivity index (χ3v) is 7.40. The van der Waals surface area contributed by atoms with Crippen LogP contribution in [0.5, 0.6) is 0 Å². The van der Waals surface area contributed by atoms with Crippen molar-refractivity contribution in [3.05, 3.63) is 59.1 Å². The number of halogens is 1. The topological polar surface area (TPSA) is 75.9 Å². The third kappa shape index (κ3) is 6.55. The SMILES string of the molecule is CCN(CC)CCCC(C)NC(=O)CSc1nnc2c3ccccc3n(Cc3cccc(Cl)c3)c2n1. The zero-order valence-corrected chi connectivity index (χ0v) is 22.6. The summed E-state index contributed by atoms with van der Waals surface area (Å²) in [6, 6.07) is 16.0. The number of benzene rings is 2. The molecule has 0 saturated heterocycles. The lowest BCUT2D eigenvalue weighted by Crippen LogP contribution is -2.34. The van der Waals surface area contributed by atoms with Crippen LogP contribution in [-0.2, 0) is 11.3 Å². The smallest absolute Gasteiger partial charge is 0.230 e. The molecule has 190 valence electrons. The number of hydrogen-bond acceptors (Lipinski definition) is 6. The van der Waals surface area contributed by atoms with Crippen molar-refractivity contribution in [2.45, 2.75) is 51.4 Å². The number of carbonyl (C=O) groups excluding carboxylic acids is 1. The van der Waals surface area contributed by atoms with Gasteiger partial charge in [0.25, 0.3) is 0 Å². The lowest BCUT2D eigenvalue weighted by molar-refractivity contribution is -0.119. The molecule has 4 aromatic rings. The highest BCUT2D eigenvalue weighted by Gasteiger charge is 2.16. The maximum atomic E-state index is 12.5. The summed E-state index contributed by atoms with van der Waals surface area (Å²) in [7, 11) is 0. The third-order valence-electron chi connectivity index (χ3n) is 6.33. The summed E-state index contributed by atoms with van der Waals surface area (Å²) in [4.78, 5) is 19.7. The van der Waals surface area contributed by atoms with Crippen LogP contribution in [0.25, 0.3) is 22.1 Å². The van der Waals surface area contributed by atoms with Crippen LogP contribution in [0.15, 0.2) is 53.7 Å². The molecule has 36 heavy (non-hydrogen) atoms. The molecule has 0 saturated carbocycles. The predicted octanol–water partition coefficient (Wildman–Crippen LogP) is 5.40. The molecule has 4 rings (SSSR count). The molecule has 9 heteroatoms. The van der Waals surface area contributed by atoms with E-state index in [1.807, 2.05) is 42.5 Å². The molecule has 0 fully saturated rings. The second-order valence-corrected chi connectivity index (χ2v) is 10.3. The molecule has 0 aliphatic rings. The predicted molar refractivity (Wildman–Crippen MR) is 149 cm³/mol. The van der Waals surface area contributed by atoms with Crippen LogP contribution in [0.4, 0.5) is 0 Å². The molecule has 0 radical (unpaired) electrons. The fourth-order valence-electron chi connectivity index (χ4n) is 4.41. The Morgan fingerprint density at radius 1 is 1.14 bits per heavy atom. The van der Waals surface area contributed by atoms with E-state index < -0.39 is 0 Å². The molecular weight excluding hydrogens is 492 g/mol. The first-order valence-corrected chi connectivity index (χ1v) is 13.9. The maximum Gasteiger partial charge on any atom is 0.230 e. The van der Waals surface area contributed by atoms with Crippen LogP contribution in [0.1, 0.15) is 39.2 Å². The van der Waals surface area contributed by atoms with Crippen LogP contribution in [0, 0.1) is 0 Å². The van der Waals surface area contributed by atoms with Crippen molar-refractivity contribution in [3.63, 3.8) is 0 Å². The number of para-hydroxylation sites is 1. The average Bonchev–Trinajstić information content (AvgIpc) is 3.18. The Morgan fingerprint density at radius 3 is 2.72 bits per heavy atom. The van der Waals surface area contributed by atoms with Gasteiger partial charge >= 0.3 is 0 Å². The molecule has 2 aromatic heterocycles. The summed E-state index contributed by atoms with van der Waals surface area (Å²) in [6.07, 6.45) is 2.03. The number of aromatic nitrogens is 4. The summed E-state index contributed by atoms with van der Waals surface area (Å²) < 4.78 is 2.13. The lowest BCUT2D eigenvalue weighted by atomic mass is 10.2. The van der Waals surface area contributed by atoms with E-state index in [1.54, 1.807) is 0 Å². The van der Waals surface area contributed by atoms with Crippen LogP contribution in [0.2, 0.25) is 5.02 Å². The van der Waals surface area contributed by atoms with Gasteiger partial charge in [-0.05, 0) is 63.2 Å². The number of nitrogens with zero attached hydrogens (tertiary/aromatic N) is 5. The van der Waals surface area contributed by atoms with E-state index in [2.05, 4.69) is 51.8 Å². The quantitative estimate of drug-likeness (QED) is 0.250. The van der Waals surface area contributed by atoms with Gasteiger partial charge in [0.15, 0.2) is 5.65 Å². The second-order valence-electron chi connectivity index (χ2n) is 8.93. The maximum absolute atomic E-state index is 12.5. The number of fused-ring (bicyclic) bond motifs is 3. The second kappa shape index (κ2) is 12.5. The van der Waals surface area contributed by atoms with Gasteiger partial charge in [-0.25, -0.2) is 4.98 Å². The molecule has 7 nitrogen and oxygen atoms in total. The van der Waals surface area contributed by atoms with Crippen LogP contribution in [-0.4, -0.2) is 62.0 Å². The molecule has 0 spiro atoms. The van der Waals surface area contributed by atoms with Gasteiger partial charge in [-0.1, -0.05) is 67.5 Å². The Morgan fingerprint density at radius 2 is 1.94 bits per heavy atom. The fourth-order valence-corrected chi connectivity index (χ4v) is 5.21. The number of rotatable bonds is 12. The molecule has 0 aliphatic carbocycles. The first kappa shape index (κ1) is 26.4. The van der Waals surface area contributed by atoms with E-state index in [0.29, 0.717) is 16.7 Å². The number of carbonyl (C=O) groups is 1. The van der Waals surface area contributed by atoms with Crippen molar-refractivity contribution in [3.8, 4) is 0 Å². The van der Waals surface area contributed by atoms with Crippen LogP contribution >= 0.6 is 23.4 Å². The van der Waals surface area contributed by atoms with E-state index in [9.17, 15) is 4.79 Å². The van der Waals surface area contributed by atoms with Gasteiger partial charge in [0, 0.05) is 23.0 Å². The molecule has 2 heterocycles. The minimum absolute atomic E-state index is 0.0153. The minimum Gasteiger partial charge on any atom is -0.353 e. The Bertz CT molecular complexity index is 1320. The van der Waals surface area contributed by atoms with Gasteiger partial charge in [-0.3, -0.25) is 4.79 Å². The fraction of sp³-hybridized carbons (Fsp3) is 0.407. The van der Waals surface area contributed by atoms with Gasteiger partial charge in [0.2, 0.25) is 11.1 Å². The highest BCUT2D eigenvalue weighted by Crippen LogP contribution is 2.28. The Labute approximate surface area is 221 Å². The minimum atomic E-state index is -0.0153. The van der Waals surface area contributed by atoms with Gasteiger partial charge in [-0.2, -0.15) is 0 Å². The van der Waals surface area contributed by atoms with Crippen molar-refractivity contribution in [1.82, 2.24) is 30.0 Å². The van der Waals surface area contributed by atoms with Gasteiger partial charge in [-0.15, -0.1) is 10.2 Å². The van der Waals surface area contributed by atoms with E-state index in [1.165, 1.54) is 11.8 Å². The van der Waals surface area contributed by atoms with E-state index >= 15 is 0 Å². The van der Waals surface area contributed by atoms with E-state index in [4.69, 9.17) is 16.6 Å². The molecule has 0 aliphatic heterocycles. The lowest BCUT2D eigenvalue weighted by Gasteiger charge is -2.19. The van der Waals surface area contributed by atoms with Crippen molar-refractivity contribution in [2.24, 2.45) is 0 Å². The van der Waals surface area contributed by atoms with E-state index in [0.717, 1.165) is 60.1 Å². The van der Waals surface area contributed by atoms with Crippen molar-refractivity contribution in [2.75, 3.05) is 25.4 Å². The van der Waals surface area contributed by atoms with Crippen molar-refractivity contribution in [1.29, 1.82) is 0 Å². The molecule has 2 aromatic carbocycles. The van der Waals surface area contributed by atoms with E-state index in [-0.39, 0.29) is 17.7 Å². The summed E-state index contributed by atoms with van der Waals surface area (Å²) in [5.41, 5.74) is 3.61. The number of thioether (sulfide) groups is 1. The number of amides is 1. The highest BCUT2D eigenvalue weighted by molar-refractivity contribution is 7.99. The molecule has 1 unspecified atom stereocenters. The molecule has 1 atom stereocenters. The number of hydrogen-bond donors (Lipinski definition) is 1. The molecule has 1 amide bonds. The Hall–Kier alpha value is -2.68. The van der Waals surface area contributed by atoms with Crippen molar-refractivity contribution >= 4 is 51.3 Å². The zero-order valence-electron chi connectivity index (χ0n) is 21.1. The Kier molecular flexibility index (Phi) is 9.18. The van der Waals surface area contributed by atoms with Crippen molar-refractivity contribution < 1.29 is 4.79 Å². The summed E-state index contributed by atoms with van der Waals surface area (Å²) in [5.74, 6) is 0.237. The number of nitrogens with one attached hydrogen (secondary N) is 1. The highest BCUT2D eigenvalue weighted by atomic mass is 35.5. The molecular formula is C27H33ClN6OS. The zero-order chi connectivity index (χ0) is 25.5. The average molecular weight is 525 g/mol. The normalized spacial score (nSPS) is 12.5. The molecule has 0 bridgehead atoms. The van der Waals surface area contributed by atoms with Crippen LogP contribution < -0.4 is 5.32 Å². The van der Waals surface area contributed by atoms with Gasteiger partial charge < -0.3 is 14.8 Å². The summed E-state index contributed by atoms with van der Waals surface area (Å²) in [5, 5.41) is 14.1.